The van der Waals surface area contributed by atoms with Gasteiger partial charge in [0.05, 0.1) is 5.69 Å². The van der Waals surface area contributed by atoms with Crippen LogP contribution in [0.3, 0.4) is 0 Å². The van der Waals surface area contributed by atoms with E-state index in [0.29, 0.717) is 18.7 Å². The molecule has 2 N–H and O–H groups in total. The molecule has 0 saturated heterocycles. The van der Waals surface area contributed by atoms with Gasteiger partial charge >= 0.3 is 0 Å². The maximum atomic E-state index is 12.2. The normalized spacial score (nSPS) is 10.8. The first-order chi connectivity index (χ1) is 11.2. The summed E-state index contributed by atoms with van der Waals surface area (Å²) in [6.45, 7) is 2.40. The number of H-pyrrole nitrogens is 1. The van der Waals surface area contributed by atoms with Crippen molar-refractivity contribution in [2.24, 2.45) is 0 Å². The Bertz CT molecular complexity index is 882. The van der Waals surface area contributed by atoms with Crippen molar-refractivity contribution >= 4 is 11.7 Å². The number of carbonyl (C=O) groups is 1. The molecule has 0 fully saturated rings. The molecule has 2 heterocycles. The molecule has 118 valence electrons. The fourth-order valence-corrected chi connectivity index (χ4v) is 2.28. The lowest BCUT2D eigenvalue weighted by atomic mass is 10.2. The van der Waals surface area contributed by atoms with Gasteiger partial charge in [0.25, 0.3) is 17.2 Å². The van der Waals surface area contributed by atoms with Gasteiger partial charge in [0, 0.05) is 12.6 Å². The van der Waals surface area contributed by atoms with Crippen molar-refractivity contribution in [3.63, 3.8) is 0 Å². The number of hydrogen-bond donors (Lipinski definition) is 2. The van der Waals surface area contributed by atoms with Crippen molar-refractivity contribution in [1.82, 2.24) is 24.9 Å². The van der Waals surface area contributed by atoms with E-state index in [1.165, 1.54) is 10.6 Å². The van der Waals surface area contributed by atoms with Gasteiger partial charge in [0.15, 0.2) is 0 Å². The highest BCUT2D eigenvalue weighted by Gasteiger charge is 2.13. The fraction of sp³-hybridized carbons (Fsp3) is 0.250. The standard InChI is InChI=1S/C16H17N5O2/c1-2-6-12-9-13(22)21-16(18-12)19-14(20-21)15(23)17-10-11-7-4-3-5-8-11/h3-5,7-9H,2,6,10H2,1H3,(H,17,23)(H,18,19,20). The number of aromatic amines is 1. The lowest BCUT2D eigenvalue weighted by Crippen LogP contribution is -2.24. The van der Waals surface area contributed by atoms with E-state index in [9.17, 15) is 9.59 Å². The van der Waals surface area contributed by atoms with Gasteiger partial charge in [0.2, 0.25) is 5.82 Å². The van der Waals surface area contributed by atoms with Gasteiger partial charge < -0.3 is 5.32 Å². The topological polar surface area (TPSA) is 92.1 Å². The largest absolute Gasteiger partial charge is 0.345 e. The molecule has 1 aromatic carbocycles. The third-order valence-corrected chi connectivity index (χ3v) is 3.40. The summed E-state index contributed by atoms with van der Waals surface area (Å²) in [5.41, 5.74) is 1.39. The van der Waals surface area contributed by atoms with Crippen LogP contribution in [0, 0.1) is 0 Å². The number of nitrogens with one attached hydrogen (secondary N) is 2. The molecule has 0 radical (unpaired) electrons. The molecule has 23 heavy (non-hydrogen) atoms. The predicted octanol–water partition coefficient (Wildman–Crippen LogP) is 1.30. The van der Waals surface area contributed by atoms with Gasteiger partial charge in [-0.3, -0.25) is 14.7 Å². The predicted molar refractivity (Wildman–Crippen MR) is 85.2 cm³/mol. The Morgan fingerprint density at radius 1 is 1.26 bits per heavy atom. The van der Waals surface area contributed by atoms with E-state index in [-0.39, 0.29) is 23.1 Å². The molecule has 3 rings (SSSR count). The summed E-state index contributed by atoms with van der Waals surface area (Å²) >= 11 is 0. The lowest BCUT2D eigenvalue weighted by Gasteiger charge is -2.02. The van der Waals surface area contributed by atoms with Crippen LogP contribution in [0.15, 0.2) is 41.2 Å². The van der Waals surface area contributed by atoms with Gasteiger partial charge in [-0.1, -0.05) is 43.7 Å². The number of benzene rings is 1. The Morgan fingerprint density at radius 3 is 2.78 bits per heavy atom. The zero-order valence-electron chi connectivity index (χ0n) is 12.7. The SMILES string of the molecule is CCCc1cc(=O)n2[nH]c(C(=O)NCc3ccccc3)nc2n1. The molecule has 0 spiro atoms. The number of aromatic nitrogens is 4. The Hall–Kier alpha value is -2.96. The molecule has 0 aliphatic rings. The lowest BCUT2D eigenvalue weighted by molar-refractivity contribution is 0.0940. The number of fused-ring (bicyclic) bond motifs is 1. The van der Waals surface area contributed by atoms with Gasteiger partial charge in [-0.15, -0.1) is 0 Å². The summed E-state index contributed by atoms with van der Waals surface area (Å²) in [7, 11) is 0. The van der Waals surface area contributed by atoms with Gasteiger partial charge in [-0.05, 0) is 12.0 Å². The molecule has 7 nitrogen and oxygen atoms in total. The Morgan fingerprint density at radius 2 is 2.04 bits per heavy atom. The summed E-state index contributed by atoms with van der Waals surface area (Å²) in [6.07, 6.45) is 1.59. The molecule has 7 heteroatoms. The van der Waals surface area contributed by atoms with E-state index in [1.807, 2.05) is 37.3 Å². The smallest absolute Gasteiger partial charge is 0.288 e. The van der Waals surface area contributed by atoms with Crippen LogP contribution >= 0.6 is 0 Å². The summed E-state index contributed by atoms with van der Waals surface area (Å²) in [6, 6.07) is 11.0. The van der Waals surface area contributed by atoms with E-state index >= 15 is 0 Å². The summed E-state index contributed by atoms with van der Waals surface area (Å²) in [4.78, 5) is 32.6. The number of hydrogen-bond acceptors (Lipinski definition) is 4. The number of aryl methyl sites for hydroxylation is 1. The van der Waals surface area contributed by atoms with Crippen LogP contribution in [-0.4, -0.2) is 25.5 Å². The second kappa shape index (κ2) is 6.43. The third-order valence-electron chi connectivity index (χ3n) is 3.40. The fourth-order valence-electron chi connectivity index (χ4n) is 2.28. The first-order valence-electron chi connectivity index (χ1n) is 7.48. The maximum absolute atomic E-state index is 12.2. The third kappa shape index (κ3) is 3.28. The van der Waals surface area contributed by atoms with Gasteiger partial charge in [0.1, 0.15) is 0 Å². The molecule has 0 aliphatic carbocycles. The van der Waals surface area contributed by atoms with Crippen molar-refractivity contribution in [3.05, 3.63) is 63.8 Å². The van der Waals surface area contributed by atoms with E-state index in [1.54, 1.807) is 0 Å². The van der Waals surface area contributed by atoms with Crippen molar-refractivity contribution in [2.75, 3.05) is 0 Å². The monoisotopic (exact) mass is 311 g/mol. The van der Waals surface area contributed by atoms with Gasteiger partial charge in [-0.2, -0.15) is 9.50 Å². The first-order valence-corrected chi connectivity index (χ1v) is 7.48. The Labute approximate surface area is 132 Å². The molecule has 1 amide bonds. The van der Waals surface area contributed by atoms with Crippen LogP contribution < -0.4 is 10.9 Å². The average molecular weight is 311 g/mol. The zero-order valence-corrected chi connectivity index (χ0v) is 12.7. The highest BCUT2D eigenvalue weighted by molar-refractivity contribution is 5.90. The quantitative estimate of drug-likeness (QED) is 0.743. The highest BCUT2D eigenvalue weighted by Crippen LogP contribution is 2.02. The number of amides is 1. The second-order valence-electron chi connectivity index (χ2n) is 5.21. The van der Waals surface area contributed by atoms with Crippen molar-refractivity contribution < 1.29 is 4.79 Å². The van der Waals surface area contributed by atoms with Crippen LogP contribution in [-0.2, 0) is 13.0 Å². The molecule has 0 unspecified atom stereocenters. The Kier molecular flexibility index (Phi) is 4.18. The molecule has 0 atom stereocenters. The molecule has 0 aliphatic heterocycles. The summed E-state index contributed by atoms with van der Waals surface area (Å²) in [5, 5.41) is 5.45. The zero-order chi connectivity index (χ0) is 16.2. The van der Waals surface area contributed by atoms with Gasteiger partial charge in [-0.25, -0.2) is 4.98 Å². The first kappa shape index (κ1) is 15.0. The molecule has 2 aromatic heterocycles. The minimum atomic E-state index is -0.379. The molecular weight excluding hydrogens is 294 g/mol. The summed E-state index contributed by atoms with van der Waals surface area (Å²) in [5.74, 6) is -0.0965. The highest BCUT2D eigenvalue weighted by atomic mass is 16.2. The summed E-state index contributed by atoms with van der Waals surface area (Å²) < 4.78 is 1.18. The van der Waals surface area contributed by atoms with Crippen molar-refractivity contribution in [2.45, 2.75) is 26.3 Å². The van der Waals surface area contributed by atoms with Crippen LogP contribution in [0.2, 0.25) is 0 Å². The van der Waals surface area contributed by atoms with Crippen LogP contribution in [0.25, 0.3) is 5.78 Å². The molecule has 0 bridgehead atoms. The van der Waals surface area contributed by atoms with E-state index in [0.717, 1.165) is 12.0 Å². The molecular formula is C16H17N5O2. The van der Waals surface area contributed by atoms with E-state index in [4.69, 9.17) is 0 Å². The van der Waals surface area contributed by atoms with Crippen molar-refractivity contribution in [3.8, 4) is 0 Å². The van der Waals surface area contributed by atoms with Crippen LogP contribution in [0.5, 0.6) is 0 Å². The van der Waals surface area contributed by atoms with Crippen molar-refractivity contribution in [1.29, 1.82) is 0 Å². The minimum Gasteiger partial charge on any atom is -0.345 e. The van der Waals surface area contributed by atoms with E-state index in [2.05, 4.69) is 20.4 Å². The second-order valence-corrected chi connectivity index (χ2v) is 5.21. The molecule has 3 aromatic rings. The average Bonchev–Trinajstić information content (AvgIpc) is 2.99. The van der Waals surface area contributed by atoms with Crippen LogP contribution in [0.1, 0.15) is 35.2 Å². The van der Waals surface area contributed by atoms with E-state index < -0.39 is 0 Å². The molecule has 0 saturated carbocycles. The maximum Gasteiger partial charge on any atom is 0.288 e. The minimum absolute atomic E-state index is 0.0687. The number of carbonyl (C=O) groups excluding carboxylic acids is 1. The number of nitrogens with zero attached hydrogens (tertiary/aromatic N) is 3. The van der Waals surface area contributed by atoms with Crippen LogP contribution in [0.4, 0.5) is 0 Å². The Balaban J connectivity index is 1.81. The number of rotatable bonds is 5.